The van der Waals surface area contributed by atoms with Gasteiger partial charge in [-0.1, -0.05) is 43.1 Å². The lowest BCUT2D eigenvalue weighted by Gasteiger charge is -2.38. The number of cyclic esters (lactones) is 1. The van der Waals surface area contributed by atoms with Crippen molar-refractivity contribution in [1.82, 2.24) is 15.1 Å². The highest BCUT2D eigenvalue weighted by atomic mass is 35.5. The van der Waals surface area contributed by atoms with Gasteiger partial charge in [-0.05, 0) is 42.9 Å². The van der Waals surface area contributed by atoms with Crippen molar-refractivity contribution in [2.24, 2.45) is 5.92 Å². The zero-order valence-electron chi connectivity index (χ0n) is 16.3. The molecular weight excluding hydrogens is 401 g/mol. The first-order valence-corrected chi connectivity index (χ1v) is 10.5. The molecular formula is C20H27Cl2N3O3. The van der Waals surface area contributed by atoms with E-state index in [2.05, 4.69) is 19.2 Å². The van der Waals surface area contributed by atoms with E-state index in [9.17, 15) is 9.59 Å². The van der Waals surface area contributed by atoms with Crippen molar-refractivity contribution in [2.75, 3.05) is 19.7 Å². The Kier molecular flexibility index (Phi) is 6.94. The van der Waals surface area contributed by atoms with Crippen LogP contribution in [0.5, 0.6) is 0 Å². The van der Waals surface area contributed by atoms with E-state index in [1.807, 2.05) is 11.0 Å². The molecule has 0 aromatic heterocycles. The molecule has 0 unspecified atom stereocenters. The minimum atomic E-state index is -0.217. The second-order valence-electron chi connectivity index (χ2n) is 7.88. The molecule has 154 valence electrons. The Labute approximate surface area is 176 Å². The van der Waals surface area contributed by atoms with Crippen LogP contribution in [-0.2, 0) is 11.3 Å². The molecule has 1 aromatic carbocycles. The number of likely N-dealkylation sites (tertiary alicyclic amines) is 1. The van der Waals surface area contributed by atoms with Crippen LogP contribution in [0.2, 0.25) is 10.0 Å². The van der Waals surface area contributed by atoms with Crippen molar-refractivity contribution in [3.8, 4) is 0 Å². The summed E-state index contributed by atoms with van der Waals surface area (Å²) in [6.45, 7) is 6.36. The lowest BCUT2D eigenvalue weighted by atomic mass is 9.98. The number of amides is 3. The highest BCUT2D eigenvalue weighted by Gasteiger charge is 2.39. The first-order chi connectivity index (χ1) is 13.3. The van der Waals surface area contributed by atoms with Crippen LogP contribution >= 0.6 is 23.2 Å². The highest BCUT2D eigenvalue weighted by molar-refractivity contribution is 6.35. The van der Waals surface area contributed by atoms with Crippen LogP contribution in [0, 0.1) is 5.92 Å². The number of carbonyl (C=O) groups excluding carboxylic acids is 2. The molecule has 28 heavy (non-hydrogen) atoms. The van der Waals surface area contributed by atoms with E-state index in [0.717, 1.165) is 24.8 Å². The minimum absolute atomic E-state index is 0.118. The summed E-state index contributed by atoms with van der Waals surface area (Å²) in [6.07, 6.45) is 2.25. The lowest BCUT2D eigenvalue weighted by Crippen LogP contribution is -2.51. The second-order valence-corrected chi connectivity index (χ2v) is 8.72. The van der Waals surface area contributed by atoms with Crippen LogP contribution in [0.25, 0.3) is 0 Å². The number of rotatable bonds is 5. The van der Waals surface area contributed by atoms with Crippen LogP contribution in [0.3, 0.4) is 0 Å². The number of halogens is 2. The van der Waals surface area contributed by atoms with Gasteiger partial charge in [-0.15, -0.1) is 0 Å². The molecule has 0 spiro atoms. The number of urea groups is 1. The molecule has 6 nitrogen and oxygen atoms in total. The van der Waals surface area contributed by atoms with Gasteiger partial charge in [0.1, 0.15) is 6.61 Å². The Morgan fingerprint density at radius 1 is 1.29 bits per heavy atom. The van der Waals surface area contributed by atoms with Crippen LogP contribution < -0.4 is 5.32 Å². The quantitative estimate of drug-likeness (QED) is 0.750. The second kappa shape index (κ2) is 9.23. The van der Waals surface area contributed by atoms with Crippen molar-refractivity contribution in [3.63, 3.8) is 0 Å². The number of benzene rings is 1. The number of ether oxygens (including phenoxy) is 1. The molecule has 2 saturated heterocycles. The zero-order valence-corrected chi connectivity index (χ0v) is 17.8. The summed E-state index contributed by atoms with van der Waals surface area (Å²) in [7, 11) is 0. The number of hydrogen-bond donors (Lipinski definition) is 1. The van der Waals surface area contributed by atoms with E-state index in [1.165, 1.54) is 0 Å². The minimum Gasteiger partial charge on any atom is -0.447 e. The maximum Gasteiger partial charge on any atom is 0.410 e. The van der Waals surface area contributed by atoms with Crippen LogP contribution in [0.15, 0.2) is 18.2 Å². The van der Waals surface area contributed by atoms with Gasteiger partial charge in [0, 0.05) is 35.7 Å². The molecule has 2 fully saturated rings. The zero-order chi connectivity index (χ0) is 20.3. The van der Waals surface area contributed by atoms with Crippen LogP contribution in [0.1, 0.15) is 38.7 Å². The fourth-order valence-electron chi connectivity index (χ4n) is 3.94. The monoisotopic (exact) mass is 427 g/mol. The molecule has 2 aliphatic heterocycles. The topological polar surface area (TPSA) is 61.9 Å². The molecule has 2 heterocycles. The van der Waals surface area contributed by atoms with E-state index in [1.54, 1.807) is 17.0 Å². The van der Waals surface area contributed by atoms with Crippen molar-refractivity contribution < 1.29 is 14.3 Å². The number of piperidine rings is 1. The smallest absolute Gasteiger partial charge is 0.410 e. The summed E-state index contributed by atoms with van der Waals surface area (Å²) < 4.78 is 5.29. The average Bonchev–Trinajstić information content (AvgIpc) is 3.00. The van der Waals surface area contributed by atoms with Gasteiger partial charge in [0.25, 0.3) is 0 Å². The maximum absolute atomic E-state index is 12.5. The molecule has 1 aromatic rings. The van der Waals surface area contributed by atoms with Gasteiger partial charge in [0.15, 0.2) is 0 Å². The van der Waals surface area contributed by atoms with Crippen molar-refractivity contribution in [3.05, 3.63) is 33.8 Å². The van der Waals surface area contributed by atoms with Crippen molar-refractivity contribution in [1.29, 1.82) is 0 Å². The van der Waals surface area contributed by atoms with E-state index >= 15 is 0 Å². The summed E-state index contributed by atoms with van der Waals surface area (Å²) >= 11 is 12.1. The Morgan fingerprint density at radius 2 is 2.00 bits per heavy atom. The molecule has 0 radical (unpaired) electrons. The molecule has 3 amide bonds. The fourth-order valence-corrected chi connectivity index (χ4v) is 4.41. The third-order valence-corrected chi connectivity index (χ3v) is 5.92. The Bertz CT molecular complexity index is 721. The van der Waals surface area contributed by atoms with E-state index < -0.39 is 0 Å². The fraction of sp³-hybridized carbons (Fsp3) is 0.600. The van der Waals surface area contributed by atoms with Crippen LogP contribution in [-0.4, -0.2) is 53.7 Å². The Balaban J connectivity index is 1.50. The number of nitrogens with zero attached hydrogens (tertiary/aromatic N) is 2. The van der Waals surface area contributed by atoms with Crippen molar-refractivity contribution in [2.45, 2.75) is 51.7 Å². The molecule has 1 atom stereocenters. The molecule has 0 aliphatic carbocycles. The SMILES string of the molecule is CC(C)C[C@H]1COC(=O)N1C1CCN(C(=O)NCc2ccc(Cl)cc2Cl)CC1. The number of nitrogens with one attached hydrogen (secondary N) is 1. The predicted octanol–water partition coefficient (Wildman–Crippen LogP) is 4.53. The summed E-state index contributed by atoms with van der Waals surface area (Å²) in [5.41, 5.74) is 0.825. The normalized spacial score (nSPS) is 20.6. The molecule has 3 rings (SSSR count). The summed E-state index contributed by atoms with van der Waals surface area (Å²) in [6, 6.07) is 5.39. The van der Waals surface area contributed by atoms with E-state index in [0.29, 0.717) is 42.2 Å². The first-order valence-electron chi connectivity index (χ1n) is 9.77. The number of carbonyl (C=O) groups is 2. The van der Waals surface area contributed by atoms with Gasteiger partial charge >= 0.3 is 12.1 Å². The molecule has 8 heteroatoms. The summed E-state index contributed by atoms with van der Waals surface area (Å²) in [5, 5.41) is 4.02. The predicted molar refractivity (Wildman–Crippen MR) is 110 cm³/mol. The highest BCUT2D eigenvalue weighted by Crippen LogP contribution is 2.27. The summed E-state index contributed by atoms with van der Waals surface area (Å²) in [5.74, 6) is 0.507. The maximum atomic E-state index is 12.5. The molecule has 1 N–H and O–H groups in total. The lowest BCUT2D eigenvalue weighted by molar-refractivity contribution is 0.109. The van der Waals surface area contributed by atoms with Gasteiger partial charge in [0.05, 0.1) is 6.04 Å². The van der Waals surface area contributed by atoms with E-state index in [-0.39, 0.29) is 24.2 Å². The average molecular weight is 428 g/mol. The first kappa shape index (κ1) is 21.1. The van der Waals surface area contributed by atoms with Gasteiger partial charge in [-0.2, -0.15) is 0 Å². The molecule has 2 aliphatic rings. The molecule has 0 saturated carbocycles. The van der Waals surface area contributed by atoms with Gasteiger partial charge in [-0.25, -0.2) is 9.59 Å². The van der Waals surface area contributed by atoms with Crippen LogP contribution in [0.4, 0.5) is 9.59 Å². The molecule has 0 bridgehead atoms. The summed E-state index contributed by atoms with van der Waals surface area (Å²) in [4.78, 5) is 28.4. The van der Waals surface area contributed by atoms with Gasteiger partial charge in [0.2, 0.25) is 0 Å². The van der Waals surface area contributed by atoms with Gasteiger partial charge in [-0.3, -0.25) is 4.90 Å². The third kappa shape index (κ3) is 5.03. The Morgan fingerprint density at radius 3 is 2.64 bits per heavy atom. The van der Waals surface area contributed by atoms with Gasteiger partial charge < -0.3 is 15.0 Å². The standard InChI is InChI=1S/C20H27Cl2N3O3/c1-13(2)9-17-12-28-20(27)25(17)16-5-7-24(8-6-16)19(26)23-11-14-3-4-15(21)10-18(14)22/h3-4,10,13,16-17H,5-9,11-12H2,1-2H3,(H,23,26)/t17-/m0/s1. The third-order valence-electron chi connectivity index (χ3n) is 5.34. The number of hydrogen-bond acceptors (Lipinski definition) is 3. The largest absolute Gasteiger partial charge is 0.447 e. The Hall–Kier alpha value is -1.66. The van der Waals surface area contributed by atoms with Crippen molar-refractivity contribution >= 4 is 35.3 Å². The van der Waals surface area contributed by atoms with E-state index in [4.69, 9.17) is 27.9 Å².